The second-order valence-electron chi connectivity index (χ2n) is 14.8. The van der Waals surface area contributed by atoms with Gasteiger partial charge in [0.15, 0.2) is 5.65 Å². The number of aromatic nitrogens is 3. The molecule has 0 bridgehead atoms. The van der Waals surface area contributed by atoms with Crippen molar-refractivity contribution in [2.24, 2.45) is 0 Å². The van der Waals surface area contributed by atoms with Gasteiger partial charge in [0.05, 0.1) is 37.7 Å². The number of hydrogen-bond acceptors (Lipinski definition) is 8. The van der Waals surface area contributed by atoms with Crippen LogP contribution in [0.1, 0.15) is 76.3 Å². The SMILES string of the molecule is Cc1cn(C(=O)OC(C)(C)C)c2ncc(-c3cc4c(c([C@@H]5COCCN5C(=O)OC(C)(C)C)c3)CN(C(=O)N3CC[C@H](F)C3)CC4)nc12. The topological polar surface area (TPSA) is 119 Å². The molecule has 3 amide bonds. The maximum absolute atomic E-state index is 14.0. The molecule has 0 N–H and O–H groups in total. The molecule has 3 aliphatic rings. The molecule has 6 rings (SSSR count). The van der Waals surface area contributed by atoms with Crippen molar-refractivity contribution in [3.8, 4) is 11.3 Å². The molecular formula is C35H45FN6O6. The standard InChI is InChI=1S/C35H45FN6O6/c1-21-17-42(33(45)48-35(5,6)7)30-29(21)38-27(16-37-30)23-14-22-8-10-40(31(43)39-11-9-24(36)18-39)19-26(22)25(15-23)28-20-46-13-12-41(28)32(44)47-34(2,3)4/h14-17,24,28H,8-13,18-20H2,1-7H3/t24-,28-/m0/s1. The van der Waals surface area contributed by atoms with Crippen LogP contribution < -0.4 is 0 Å². The first kappa shape index (κ1) is 33.6. The van der Waals surface area contributed by atoms with E-state index in [1.165, 1.54) is 4.57 Å². The molecule has 2 aromatic heterocycles. The number of alkyl halides is 1. The van der Waals surface area contributed by atoms with Crippen molar-refractivity contribution in [1.82, 2.24) is 29.2 Å². The molecule has 2 atom stereocenters. The third kappa shape index (κ3) is 6.96. The Labute approximate surface area is 280 Å². The zero-order chi connectivity index (χ0) is 34.5. The number of fused-ring (bicyclic) bond motifs is 2. The van der Waals surface area contributed by atoms with Gasteiger partial charge < -0.3 is 24.0 Å². The third-order valence-electron chi connectivity index (χ3n) is 8.73. The number of benzene rings is 1. The lowest BCUT2D eigenvalue weighted by Crippen LogP contribution is -2.47. The van der Waals surface area contributed by atoms with Crippen molar-refractivity contribution in [2.45, 2.75) is 91.3 Å². The summed E-state index contributed by atoms with van der Waals surface area (Å²) < 4.78 is 32.7. The predicted octanol–water partition coefficient (Wildman–Crippen LogP) is 6.02. The summed E-state index contributed by atoms with van der Waals surface area (Å²) >= 11 is 0. The number of amides is 3. The number of morpholine rings is 1. The highest BCUT2D eigenvalue weighted by molar-refractivity contribution is 5.88. The molecule has 3 aromatic rings. The number of hydrogen-bond donors (Lipinski definition) is 0. The van der Waals surface area contributed by atoms with Crippen LogP contribution in [0.2, 0.25) is 0 Å². The van der Waals surface area contributed by atoms with E-state index in [1.807, 2.05) is 54.5 Å². The first-order valence-electron chi connectivity index (χ1n) is 16.6. The molecule has 2 fully saturated rings. The Kier molecular flexibility index (Phi) is 8.86. The van der Waals surface area contributed by atoms with Gasteiger partial charge in [0, 0.05) is 37.9 Å². The summed E-state index contributed by atoms with van der Waals surface area (Å²) in [4.78, 5) is 54.6. The van der Waals surface area contributed by atoms with Crippen LogP contribution in [-0.4, -0.2) is 104 Å². The van der Waals surface area contributed by atoms with Gasteiger partial charge in [0.2, 0.25) is 0 Å². The lowest BCUT2D eigenvalue weighted by molar-refractivity contribution is -0.0334. The molecule has 12 nitrogen and oxygen atoms in total. The van der Waals surface area contributed by atoms with Crippen molar-refractivity contribution in [3.05, 3.63) is 46.8 Å². The lowest BCUT2D eigenvalue weighted by Gasteiger charge is -2.40. The number of carbonyl (C=O) groups excluding carboxylic acids is 3. The fourth-order valence-corrected chi connectivity index (χ4v) is 6.53. The minimum atomic E-state index is -1.01. The van der Waals surface area contributed by atoms with Crippen LogP contribution in [0.5, 0.6) is 0 Å². The molecule has 1 aromatic carbocycles. The Morgan fingerprint density at radius 1 is 0.979 bits per heavy atom. The van der Waals surface area contributed by atoms with E-state index in [2.05, 4.69) is 11.1 Å². The second-order valence-corrected chi connectivity index (χ2v) is 14.8. The van der Waals surface area contributed by atoms with Crippen LogP contribution in [-0.2, 0) is 27.2 Å². The maximum atomic E-state index is 14.0. The Morgan fingerprint density at radius 2 is 1.71 bits per heavy atom. The summed E-state index contributed by atoms with van der Waals surface area (Å²) in [5.41, 5.74) is 4.55. The van der Waals surface area contributed by atoms with Gasteiger partial charge >= 0.3 is 18.2 Å². The molecule has 5 heterocycles. The van der Waals surface area contributed by atoms with E-state index in [1.54, 1.807) is 27.1 Å². The molecule has 0 saturated carbocycles. The normalized spacial score (nSPS) is 20.2. The number of ether oxygens (including phenoxy) is 3. The monoisotopic (exact) mass is 664 g/mol. The summed E-state index contributed by atoms with van der Waals surface area (Å²) in [5, 5.41) is 0. The molecule has 0 aliphatic carbocycles. The molecular weight excluding hydrogens is 619 g/mol. The van der Waals surface area contributed by atoms with E-state index in [0.717, 1.165) is 27.8 Å². The van der Waals surface area contributed by atoms with Crippen LogP contribution >= 0.6 is 0 Å². The molecule has 2 saturated heterocycles. The Bertz CT molecular complexity index is 1740. The van der Waals surface area contributed by atoms with Gasteiger partial charge in [-0.25, -0.2) is 33.3 Å². The fourth-order valence-electron chi connectivity index (χ4n) is 6.53. The van der Waals surface area contributed by atoms with Gasteiger partial charge in [0.25, 0.3) is 0 Å². The van der Waals surface area contributed by atoms with Gasteiger partial charge in [0.1, 0.15) is 22.9 Å². The van der Waals surface area contributed by atoms with Crippen LogP contribution in [0.3, 0.4) is 0 Å². The molecule has 48 heavy (non-hydrogen) atoms. The number of halogens is 1. The van der Waals surface area contributed by atoms with Gasteiger partial charge in [-0.2, -0.15) is 0 Å². The van der Waals surface area contributed by atoms with Crippen LogP contribution in [0.15, 0.2) is 24.5 Å². The maximum Gasteiger partial charge on any atom is 0.420 e. The largest absolute Gasteiger partial charge is 0.444 e. The van der Waals surface area contributed by atoms with Crippen LogP contribution in [0, 0.1) is 6.92 Å². The highest BCUT2D eigenvalue weighted by atomic mass is 19.1. The summed E-state index contributed by atoms with van der Waals surface area (Å²) in [5.74, 6) is 0. The average molecular weight is 665 g/mol. The van der Waals surface area contributed by atoms with E-state index in [0.29, 0.717) is 62.5 Å². The summed E-state index contributed by atoms with van der Waals surface area (Å²) in [6.07, 6.45) is 2.25. The smallest absolute Gasteiger partial charge is 0.420 e. The molecule has 258 valence electrons. The molecule has 0 spiro atoms. The number of carbonyl (C=O) groups is 3. The van der Waals surface area contributed by atoms with Crippen molar-refractivity contribution < 1.29 is 33.0 Å². The average Bonchev–Trinajstić information content (AvgIpc) is 3.60. The van der Waals surface area contributed by atoms with E-state index < -0.39 is 35.6 Å². The molecule has 13 heteroatoms. The lowest BCUT2D eigenvalue weighted by atomic mass is 9.87. The molecule has 3 aliphatic heterocycles. The minimum Gasteiger partial charge on any atom is -0.444 e. The summed E-state index contributed by atoms with van der Waals surface area (Å²) in [6.45, 7) is 15.1. The number of aryl methyl sites for hydroxylation is 1. The van der Waals surface area contributed by atoms with Crippen molar-refractivity contribution >= 4 is 29.4 Å². The minimum absolute atomic E-state index is 0.104. The Hall–Kier alpha value is -4.26. The number of likely N-dealkylation sites (tertiary alicyclic amines) is 1. The quantitative estimate of drug-likeness (QED) is 0.326. The molecule has 0 radical (unpaired) electrons. The van der Waals surface area contributed by atoms with E-state index >= 15 is 0 Å². The van der Waals surface area contributed by atoms with E-state index in [-0.39, 0.29) is 19.2 Å². The fraction of sp³-hybridized carbons (Fsp3) is 0.571. The first-order valence-corrected chi connectivity index (χ1v) is 16.6. The second kappa shape index (κ2) is 12.6. The van der Waals surface area contributed by atoms with Crippen LogP contribution in [0.4, 0.5) is 18.8 Å². The number of rotatable bonds is 2. The van der Waals surface area contributed by atoms with E-state index in [4.69, 9.17) is 19.2 Å². The highest BCUT2D eigenvalue weighted by Gasteiger charge is 2.37. The van der Waals surface area contributed by atoms with Crippen LogP contribution in [0.25, 0.3) is 22.4 Å². The van der Waals surface area contributed by atoms with E-state index in [9.17, 15) is 18.8 Å². The van der Waals surface area contributed by atoms with Gasteiger partial charge in [-0.05, 0) is 95.7 Å². The number of nitrogens with zero attached hydrogens (tertiary/aromatic N) is 6. The highest BCUT2D eigenvalue weighted by Crippen LogP contribution is 2.37. The Morgan fingerprint density at radius 3 is 2.40 bits per heavy atom. The van der Waals surface area contributed by atoms with Crippen molar-refractivity contribution in [2.75, 3.05) is 39.4 Å². The first-order chi connectivity index (χ1) is 22.6. The zero-order valence-electron chi connectivity index (χ0n) is 28.8. The van der Waals surface area contributed by atoms with Gasteiger partial charge in [-0.1, -0.05) is 0 Å². The predicted molar refractivity (Wildman–Crippen MR) is 176 cm³/mol. The van der Waals surface area contributed by atoms with Crippen molar-refractivity contribution in [1.29, 1.82) is 0 Å². The van der Waals surface area contributed by atoms with Crippen molar-refractivity contribution in [3.63, 3.8) is 0 Å². The summed E-state index contributed by atoms with van der Waals surface area (Å²) in [6, 6.07) is 3.39. The number of urea groups is 1. The summed E-state index contributed by atoms with van der Waals surface area (Å²) in [7, 11) is 0. The zero-order valence-corrected chi connectivity index (χ0v) is 28.8. The van der Waals surface area contributed by atoms with Gasteiger partial charge in [-0.3, -0.25) is 4.90 Å². The Balaban J connectivity index is 1.41. The third-order valence-corrected chi connectivity index (χ3v) is 8.73. The molecule has 0 unspecified atom stereocenters. The van der Waals surface area contributed by atoms with Gasteiger partial charge in [-0.15, -0.1) is 0 Å².